The molecule has 0 aliphatic heterocycles. The molecule has 0 unspecified atom stereocenters. The SMILES string of the molecule is CNC(=O)c1nn(CC2c3ccccc3CCc3ccccc32)cc(O)c1=O. The third kappa shape index (κ3) is 3.17. The van der Waals surface area contributed by atoms with E-state index in [1.807, 2.05) is 24.3 Å². The van der Waals surface area contributed by atoms with Crippen LogP contribution in [0.3, 0.4) is 0 Å². The van der Waals surface area contributed by atoms with Crippen LogP contribution >= 0.6 is 0 Å². The summed E-state index contributed by atoms with van der Waals surface area (Å²) in [5.74, 6) is -1.10. The second-order valence-corrected chi connectivity index (χ2v) is 6.94. The fourth-order valence-electron chi connectivity index (χ4n) is 3.91. The number of aryl methyl sites for hydroxylation is 2. The molecule has 1 amide bonds. The monoisotopic (exact) mass is 375 g/mol. The number of nitrogens with one attached hydrogen (secondary N) is 1. The molecule has 0 fully saturated rings. The first-order valence-electron chi connectivity index (χ1n) is 9.27. The number of aromatic hydroxyl groups is 1. The van der Waals surface area contributed by atoms with Crippen molar-refractivity contribution in [2.75, 3.05) is 7.05 Å². The van der Waals surface area contributed by atoms with E-state index in [4.69, 9.17) is 0 Å². The quantitative estimate of drug-likeness (QED) is 0.735. The van der Waals surface area contributed by atoms with Crippen LogP contribution in [0.4, 0.5) is 0 Å². The zero-order valence-corrected chi connectivity index (χ0v) is 15.6. The lowest BCUT2D eigenvalue weighted by Crippen LogP contribution is -2.29. The summed E-state index contributed by atoms with van der Waals surface area (Å²) in [6.07, 6.45) is 3.21. The Labute approximate surface area is 162 Å². The standard InChI is InChI=1S/C22H21N3O3/c1-23-22(28)20-21(27)19(26)13-25(24-20)12-18-16-8-4-2-6-14(16)10-11-15-7-3-5-9-17(15)18/h2-9,13,18,26H,10-12H2,1H3,(H,23,28). The van der Waals surface area contributed by atoms with Crippen molar-refractivity contribution in [2.24, 2.45) is 0 Å². The molecule has 1 aromatic heterocycles. The average Bonchev–Trinajstić information content (AvgIpc) is 2.87. The fourth-order valence-corrected chi connectivity index (χ4v) is 3.91. The molecule has 1 aliphatic carbocycles. The highest BCUT2D eigenvalue weighted by Crippen LogP contribution is 2.35. The molecule has 0 saturated heterocycles. The maximum absolute atomic E-state index is 12.1. The maximum Gasteiger partial charge on any atom is 0.275 e. The van der Waals surface area contributed by atoms with Gasteiger partial charge in [0, 0.05) is 13.0 Å². The van der Waals surface area contributed by atoms with Crippen molar-refractivity contribution in [3.8, 4) is 5.75 Å². The predicted octanol–water partition coefficient (Wildman–Crippen LogP) is 2.24. The average molecular weight is 375 g/mol. The number of rotatable bonds is 3. The number of carbonyl (C=O) groups excluding carboxylic acids is 1. The van der Waals surface area contributed by atoms with Crippen LogP contribution in [0, 0.1) is 0 Å². The molecule has 6 nitrogen and oxygen atoms in total. The summed E-state index contributed by atoms with van der Waals surface area (Å²) in [6.45, 7) is 0.409. The van der Waals surface area contributed by atoms with Crippen LogP contribution in [-0.2, 0) is 19.4 Å². The summed E-state index contributed by atoms with van der Waals surface area (Å²) < 4.78 is 1.49. The maximum atomic E-state index is 12.1. The van der Waals surface area contributed by atoms with E-state index in [2.05, 4.69) is 34.7 Å². The van der Waals surface area contributed by atoms with Crippen LogP contribution in [0.5, 0.6) is 5.75 Å². The highest BCUT2D eigenvalue weighted by atomic mass is 16.3. The molecule has 0 bridgehead atoms. The molecule has 28 heavy (non-hydrogen) atoms. The molecule has 2 N–H and O–H groups in total. The van der Waals surface area contributed by atoms with Crippen molar-refractivity contribution in [3.05, 3.63) is 92.9 Å². The number of benzene rings is 2. The number of carbonyl (C=O) groups is 1. The molecule has 0 radical (unpaired) electrons. The van der Waals surface area contributed by atoms with Crippen molar-refractivity contribution in [3.63, 3.8) is 0 Å². The molecule has 142 valence electrons. The summed E-state index contributed by atoms with van der Waals surface area (Å²) in [5.41, 5.74) is 3.89. The minimum atomic E-state index is -0.766. The van der Waals surface area contributed by atoms with Crippen LogP contribution in [0.2, 0.25) is 0 Å². The Morgan fingerprint density at radius 3 is 2.25 bits per heavy atom. The Kier molecular flexibility index (Phi) is 4.69. The number of hydrogen-bond acceptors (Lipinski definition) is 4. The number of nitrogens with zero attached hydrogens (tertiary/aromatic N) is 2. The zero-order valence-electron chi connectivity index (χ0n) is 15.6. The van der Waals surface area contributed by atoms with Crippen molar-refractivity contribution < 1.29 is 9.90 Å². The van der Waals surface area contributed by atoms with Gasteiger partial charge < -0.3 is 10.4 Å². The summed E-state index contributed by atoms with van der Waals surface area (Å²) >= 11 is 0. The van der Waals surface area contributed by atoms with Gasteiger partial charge in [-0.2, -0.15) is 5.10 Å². The Balaban J connectivity index is 1.83. The van der Waals surface area contributed by atoms with Crippen molar-refractivity contribution in [2.45, 2.75) is 25.3 Å². The van der Waals surface area contributed by atoms with E-state index in [0.29, 0.717) is 6.54 Å². The third-order valence-electron chi connectivity index (χ3n) is 5.28. The van der Waals surface area contributed by atoms with Crippen LogP contribution in [0.25, 0.3) is 0 Å². The number of hydrogen-bond donors (Lipinski definition) is 2. The summed E-state index contributed by atoms with van der Waals surface area (Å²) in [6, 6.07) is 16.6. The second-order valence-electron chi connectivity index (χ2n) is 6.94. The van der Waals surface area contributed by atoms with Gasteiger partial charge in [-0.3, -0.25) is 14.3 Å². The topological polar surface area (TPSA) is 84.2 Å². The van der Waals surface area contributed by atoms with Gasteiger partial charge >= 0.3 is 0 Å². The van der Waals surface area contributed by atoms with E-state index in [0.717, 1.165) is 12.8 Å². The van der Waals surface area contributed by atoms with E-state index in [1.54, 1.807) is 0 Å². The van der Waals surface area contributed by atoms with Crippen LogP contribution < -0.4 is 10.7 Å². The van der Waals surface area contributed by atoms with E-state index in [9.17, 15) is 14.7 Å². The molecule has 0 spiro atoms. The molecule has 0 atom stereocenters. The second kappa shape index (κ2) is 7.31. The van der Waals surface area contributed by atoms with Gasteiger partial charge in [-0.05, 0) is 35.1 Å². The van der Waals surface area contributed by atoms with Gasteiger partial charge in [0.1, 0.15) is 0 Å². The molecule has 6 heteroatoms. The van der Waals surface area contributed by atoms with E-state index >= 15 is 0 Å². The summed E-state index contributed by atoms with van der Waals surface area (Å²) in [5, 5.41) is 16.6. The van der Waals surface area contributed by atoms with Crippen molar-refractivity contribution in [1.82, 2.24) is 15.1 Å². The third-order valence-corrected chi connectivity index (χ3v) is 5.28. The lowest BCUT2D eigenvalue weighted by molar-refractivity contribution is 0.0953. The first-order chi connectivity index (χ1) is 13.6. The summed E-state index contributed by atoms with van der Waals surface area (Å²) in [7, 11) is 1.43. The Bertz CT molecular complexity index is 1060. The number of amides is 1. The number of aromatic nitrogens is 2. The lowest BCUT2D eigenvalue weighted by atomic mass is 9.88. The van der Waals surface area contributed by atoms with Gasteiger partial charge in [0.25, 0.3) is 11.3 Å². The molecule has 3 aromatic rings. The molecular weight excluding hydrogens is 354 g/mol. The van der Waals surface area contributed by atoms with Gasteiger partial charge in [-0.1, -0.05) is 48.5 Å². The largest absolute Gasteiger partial charge is 0.503 e. The first-order valence-corrected chi connectivity index (χ1v) is 9.27. The minimum absolute atomic E-state index is 0.00170. The molecule has 0 saturated carbocycles. The van der Waals surface area contributed by atoms with Crippen molar-refractivity contribution in [1.29, 1.82) is 0 Å². The number of fused-ring (bicyclic) bond motifs is 2. The van der Waals surface area contributed by atoms with Crippen LogP contribution in [0.1, 0.15) is 38.7 Å². The van der Waals surface area contributed by atoms with Gasteiger partial charge in [-0.25, -0.2) is 0 Å². The Hall–Kier alpha value is -3.41. The molecule has 2 aromatic carbocycles. The van der Waals surface area contributed by atoms with Crippen LogP contribution in [0.15, 0.2) is 59.5 Å². The molecule has 1 aliphatic rings. The normalized spacial score (nSPS) is 13.3. The van der Waals surface area contributed by atoms with Gasteiger partial charge in [0.15, 0.2) is 11.4 Å². The zero-order chi connectivity index (χ0) is 19.7. The van der Waals surface area contributed by atoms with E-state index in [-0.39, 0.29) is 11.6 Å². The molecule has 1 heterocycles. The van der Waals surface area contributed by atoms with Gasteiger partial charge in [-0.15, -0.1) is 0 Å². The predicted molar refractivity (Wildman–Crippen MR) is 106 cm³/mol. The highest BCUT2D eigenvalue weighted by molar-refractivity contribution is 5.92. The fraction of sp³-hybridized carbons (Fsp3) is 0.227. The lowest BCUT2D eigenvalue weighted by Gasteiger charge is -2.21. The molecule has 4 rings (SSSR count). The van der Waals surface area contributed by atoms with Crippen LogP contribution in [-0.4, -0.2) is 27.8 Å². The van der Waals surface area contributed by atoms with E-state index < -0.39 is 17.1 Å². The van der Waals surface area contributed by atoms with Gasteiger partial charge in [0.05, 0.1) is 12.7 Å². The Morgan fingerprint density at radius 1 is 1.11 bits per heavy atom. The highest BCUT2D eigenvalue weighted by Gasteiger charge is 2.25. The van der Waals surface area contributed by atoms with E-state index in [1.165, 1.54) is 40.2 Å². The first kappa shape index (κ1) is 18.0. The summed E-state index contributed by atoms with van der Waals surface area (Å²) in [4.78, 5) is 24.1. The smallest absolute Gasteiger partial charge is 0.275 e. The van der Waals surface area contributed by atoms with Gasteiger partial charge in [0.2, 0.25) is 0 Å². The minimum Gasteiger partial charge on any atom is -0.503 e. The molecular formula is C22H21N3O3. The Morgan fingerprint density at radius 2 is 1.68 bits per heavy atom. The van der Waals surface area contributed by atoms with Crippen molar-refractivity contribution >= 4 is 5.91 Å².